The van der Waals surface area contributed by atoms with Crippen LogP contribution in [-0.2, 0) is 26.0 Å². The fourth-order valence-electron chi connectivity index (χ4n) is 5.37. The maximum atomic E-state index is 13.1. The number of alkyl halides is 3. The molecule has 2 aromatic carbocycles. The van der Waals surface area contributed by atoms with Gasteiger partial charge in [-0.2, -0.15) is 17.5 Å². The number of amidine groups is 1. The van der Waals surface area contributed by atoms with Crippen LogP contribution in [0.25, 0.3) is 6.08 Å². The second kappa shape index (κ2) is 15.6. The standard InChI is InChI=1S/C30H39N5O4S.C2HF3O2/c1-22-20-25(34(3)29(31)37)21-23(2)26(22)14-19-40(38,39)35-17-15-30(16-18-35)28(36)32-27(33-30)13-9-5-8-12-24-10-6-4-7-11-24;3-2(4,5)1(6)7/h4,6-7,10-11,14,19-21H,5,8-9,12-13,15-18H2,1-3H3,(H2,31,37)(H,32,33,36);(H,6,7). The molecule has 3 amide bonds. The van der Waals surface area contributed by atoms with E-state index in [1.54, 1.807) is 25.3 Å². The number of primary amides is 1. The first kappa shape index (κ1) is 37.2. The Hall–Kier alpha value is -4.24. The van der Waals surface area contributed by atoms with E-state index in [1.165, 1.54) is 20.2 Å². The first-order chi connectivity index (χ1) is 21.9. The summed E-state index contributed by atoms with van der Waals surface area (Å²) >= 11 is 0. The predicted octanol–water partition coefficient (Wildman–Crippen LogP) is 4.92. The van der Waals surface area contributed by atoms with Gasteiger partial charge in [0.05, 0.1) is 0 Å². The maximum absolute atomic E-state index is 13.1. The molecule has 1 spiro atoms. The molecule has 2 aliphatic heterocycles. The number of benzene rings is 2. The quantitative estimate of drug-likeness (QED) is 0.302. The summed E-state index contributed by atoms with van der Waals surface area (Å²) in [5, 5.41) is 11.3. The van der Waals surface area contributed by atoms with Gasteiger partial charge in [0.2, 0.25) is 10.0 Å². The number of nitrogens with one attached hydrogen (secondary N) is 1. The van der Waals surface area contributed by atoms with Gasteiger partial charge in [-0.1, -0.05) is 36.8 Å². The number of hydrogen-bond acceptors (Lipinski definition) is 6. The van der Waals surface area contributed by atoms with Crippen molar-refractivity contribution < 1.29 is 41.1 Å². The number of aliphatic carboxylic acids is 1. The minimum absolute atomic E-state index is 0.119. The van der Waals surface area contributed by atoms with Crippen LogP contribution in [0.3, 0.4) is 0 Å². The number of piperidine rings is 1. The Morgan fingerprint density at radius 3 is 2.15 bits per heavy atom. The van der Waals surface area contributed by atoms with E-state index in [9.17, 15) is 31.2 Å². The zero-order valence-electron chi connectivity index (χ0n) is 26.5. The summed E-state index contributed by atoms with van der Waals surface area (Å²) in [7, 11) is -2.10. The Balaban J connectivity index is 0.000000771. The molecule has 2 aromatic rings. The molecule has 2 aliphatic rings. The number of carboxylic acid groups (broad SMARTS) is 1. The third kappa shape index (κ3) is 10.1. The summed E-state index contributed by atoms with van der Waals surface area (Å²) in [6.45, 7) is 4.18. The molecule has 1 saturated heterocycles. The number of urea groups is 1. The molecule has 1 fully saturated rings. The number of aliphatic imine (C=N–C) groups is 1. The van der Waals surface area contributed by atoms with E-state index in [1.807, 2.05) is 19.9 Å². The number of carboxylic acids is 1. The van der Waals surface area contributed by atoms with Crippen molar-refractivity contribution in [2.24, 2.45) is 10.7 Å². The highest BCUT2D eigenvalue weighted by atomic mass is 32.2. The van der Waals surface area contributed by atoms with Gasteiger partial charge < -0.3 is 16.2 Å². The highest BCUT2D eigenvalue weighted by molar-refractivity contribution is 7.92. The van der Waals surface area contributed by atoms with Crippen LogP contribution in [0.2, 0.25) is 0 Å². The lowest BCUT2D eigenvalue weighted by atomic mass is 9.89. The number of nitrogens with zero attached hydrogens (tertiary/aromatic N) is 3. The molecule has 47 heavy (non-hydrogen) atoms. The highest BCUT2D eigenvalue weighted by Crippen LogP contribution is 2.32. The molecule has 0 saturated carbocycles. The van der Waals surface area contributed by atoms with Crippen LogP contribution in [0.4, 0.5) is 23.7 Å². The molecule has 4 rings (SSSR count). The number of aryl methyl sites for hydroxylation is 3. The van der Waals surface area contributed by atoms with Crippen LogP contribution in [0.15, 0.2) is 52.9 Å². The minimum atomic E-state index is -5.08. The number of hydrogen-bond donors (Lipinski definition) is 3. The number of carbonyl (C=O) groups is 3. The van der Waals surface area contributed by atoms with Gasteiger partial charge in [-0.25, -0.2) is 18.0 Å². The van der Waals surface area contributed by atoms with Crippen molar-refractivity contribution >= 4 is 45.5 Å². The molecule has 0 aliphatic carbocycles. The van der Waals surface area contributed by atoms with Gasteiger partial charge in [-0.05, 0) is 86.4 Å². The van der Waals surface area contributed by atoms with Crippen LogP contribution in [0.1, 0.15) is 60.8 Å². The average Bonchev–Trinajstić information content (AvgIpc) is 3.30. The normalized spacial score (nSPS) is 16.4. The van der Waals surface area contributed by atoms with Crippen LogP contribution in [-0.4, -0.2) is 73.4 Å². The van der Waals surface area contributed by atoms with Gasteiger partial charge in [-0.15, -0.1) is 0 Å². The Kier molecular flexibility index (Phi) is 12.3. The topological polar surface area (TPSA) is 162 Å². The molecule has 0 unspecified atom stereocenters. The van der Waals surface area contributed by atoms with E-state index in [0.29, 0.717) is 18.5 Å². The molecule has 256 valence electrons. The lowest BCUT2D eigenvalue weighted by molar-refractivity contribution is -0.192. The highest BCUT2D eigenvalue weighted by Gasteiger charge is 2.47. The summed E-state index contributed by atoms with van der Waals surface area (Å²) < 4.78 is 59.4. The molecule has 0 radical (unpaired) electrons. The summed E-state index contributed by atoms with van der Waals surface area (Å²) in [6.07, 6.45) is 2.08. The number of amides is 3. The number of unbranched alkanes of at least 4 members (excludes halogenated alkanes) is 2. The van der Waals surface area contributed by atoms with E-state index in [0.717, 1.165) is 54.6 Å². The van der Waals surface area contributed by atoms with Gasteiger partial charge in [0, 0.05) is 37.7 Å². The molecule has 0 atom stereocenters. The number of sulfonamides is 1. The van der Waals surface area contributed by atoms with E-state index >= 15 is 0 Å². The number of anilines is 1. The van der Waals surface area contributed by atoms with Crippen molar-refractivity contribution in [2.75, 3.05) is 25.0 Å². The van der Waals surface area contributed by atoms with Crippen LogP contribution in [0.5, 0.6) is 0 Å². The Bertz CT molecular complexity index is 1600. The second-order valence-electron chi connectivity index (χ2n) is 11.5. The fourth-order valence-corrected chi connectivity index (χ4v) is 6.54. The zero-order chi connectivity index (χ0) is 35.0. The first-order valence-corrected chi connectivity index (χ1v) is 16.5. The molecule has 0 aromatic heterocycles. The van der Waals surface area contributed by atoms with E-state index in [-0.39, 0.29) is 19.0 Å². The van der Waals surface area contributed by atoms with Crippen molar-refractivity contribution in [3.05, 3.63) is 70.1 Å². The number of halogens is 3. The number of rotatable bonds is 10. The molecule has 4 N–H and O–H groups in total. The molecule has 15 heteroatoms. The van der Waals surface area contributed by atoms with Crippen molar-refractivity contribution in [1.82, 2.24) is 9.62 Å². The van der Waals surface area contributed by atoms with Gasteiger partial charge in [0.15, 0.2) is 0 Å². The summed E-state index contributed by atoms with van der Waals surface area (Å²) in [4.78, 5) is 39.4. The first-order valence-electron chi connectivity index (χ1n) is 15.0. The van der Waals surface area contributed by atoms with Crippen molar-refractivity contribution in [1.29, 1.82) is 0 Å². The van der Waals surface area contributed by atoms with Crippen molar-refractivity contribution in [3.8, 4) is 0 Å². The summed E-state index contributed by atoms with van der Waals surface area (Å²) in [6, 6.07) is 13.4. The lowest BCUT2D eigenvalue weighted by Crippen LogP contribution is -2.50. The maximum Gasteiger partial charge on any atom is 0.490 e. The van der Waals surface area contributed by atoms with E-state index in [4.69, 9.17) is 20.6 Å². The fraction of sp³-hybridized carbons (Fsp3) is 0.438. The lowest BCUT2D eigenvalue weighted by Gasteiger charge is -2.34. The minimum Gasteiger partial charge on any atom is -0.475 e. The molecule has 11 nitrogen and oxygen atoms in total. The smallest absolute Gasteiger partial charge is 0.475 e. The van der Waals surface area contributed by atoms with Crippen LogP contribution in [0, 0.1) is 13.8 Å². The van der Waals surface area contributed by atoms with E-state index in [2.05, 4.69) is 29.6 Å². The Morgan fingerprint density at radius 2 is 1.62 bits per heavy atom. The molecular weight excluding hydrogens is 639 g/mol. The third-order valence-electron chi connectivity index (χ3n) is 8.11. The molecule has 2 heterocycles. The van der Waals surface area contributed by atoms with Crippen LogP contribution >= 0.6 is 0 Å². The van der Waals surface area contributed by atoms with Crippen molar-refractivity contribution in [3.63, 3.8) is 0 Å². The summed E-state index contributed by atoms with van der Waals surface area (Å²) in [5.74, 6) is -2.16. The molecular formula is C32H40F3N5O6S. The SMILES string of the molecule is Cc1cc(N(C)C(N)=O)cc(C)c1C=CS(=O)(=O)N1CCC2(CC1)N=C(CCCCCc1ccccc1)NC2=O.O=C(O)C(F)(F)F. The van der Waals surface area contributed by atoms with Crippen molar-refractivity contribution in [2.45, 2.75) is 70.5 Å². The largest absolute Gasteiger partial charge is 0.490 e. The monoisotopic (exact) mass is 679 g/mol. The molecule has 0 bridgehead atoms. The van der Waals surface area contributed by atoms with Crippen LogP contribution < -0.4 is 16.0 Å². The number of nitrogens with two attached hydrogens (primary N) is 1. The van der Waals surface area contributed by atoms with Gasteiger partial charge in [0.25, 0.3) is 5.91 Å². The second-order valence-corrected chi connectivity index (χ2v) is 13.3. The van der Waals surface area contributed by atoms with Gasteiger partial charge in [-0.3, -0.25) is 14.7 Å². The summed E-state index contributed by atoms with van der Waals surface area (Å²) in [5.41, 5.74) is 8.91. The van der Waals surface area contributed by atoms with E-state index < -0.39 is 33.7 Å². The predicted molar refractivity (Wildman–Crippen MR) is 173 cm³/mol. The number of carbonyl (C=O) groups excluding carboxylic acids is 2. The third-order valence-corrected chi connectivity index (χ3v) is 9.67. The Labute approximate surface area is 272 Å². The Morgan fingerprint density at radius 1 is 1.06 bits per heavy atom. The van der Waals surface area contributed by atoms with Gasteiger partial charge >= 0.3 is 18.2 Å². The zero-order valence-corrected chi connectivity index (χ0v) is 27.3. The average molecular weight is 680 g/mol. The van der Waals surface area contributed by atoms with Gasteiger partial charge in [0.1, 0.15) is 11.4 Å².